The molecule has 0 amide bonds. The van der Waals surface area contributed by atoms with Gasteiger partial charge in [-0.15, -0.1) is 0 Å². The van der Waals surface area contributed by atoms with E-state index in [1.54, 1.807) is 6.21 Å². The summed E-state index contributed by atoms with van der Waals surface area (Å²) in [5.74, 6) is 0.118. The normalized spacial score (nSPS) is 18.8. The molecule has 0 bridgehead atoms. The van der Waals surface area contributed by atoms with Crippen molar-refractivity contribution in [2.45, 2.75) is 19.6 Å². The molecular weight excluding hydrogens is 422 g/mol. The minimum atomic E-state index is -0.251. The van der Waals surface area contributed by atoms with Crippen molar-refractivity contribution in [3.63, 3.8) is 0 Å². The van der Waals surface area contributed by atoms with E-state index in [1.165, 1.54) is 25.1 Å². The van der Waals surface area contributed by atoms with E-state index in [-0.39, 0.29) is 29.4 Å². The molecule has 0 aliphatic carbocycles. The zero-order valence-corrected chi connectivity index (χ0v) is 18.5. The van der Waals surface area contributed by atoms with Crippen molar-refractivity contribution in [2.24, 2.45) is 10.7 Å². The van der Waals surface area contributed by atoms with Gasteiger partial charge in [0.1, 0.15) is 18.2 Å². The summed E-state index contributed by atoms with van der Waals surface area (Å²) in [4.78, 5) is 26.6. The van der Waals surface area contributed by atoms with Gasteiger partial charge in [0.15, 0.2) is 0 Å². The molecule has 0 unspecified atom stereocenters. The fourth-order valence-corrected chi connectivity index (χ4v) is 4.10. The number of nitrogens with zero attached hydrogens (tertiary/aromatic N) is 5. The maximum absolute atomic E-state index is 11.8. The zero-order chi connectivity index (χ0) is 23.4. The van der Waals surface area contributed by atoms with Crippen LogP contribution in [-0.4, -0.2) is 60.3 Å². The van der Waals surface area contributed by atoms with E-state index >= 15 is 0 Å². The van der Waals surface area contributed by atoms with Gasteiger partial charge in [0.25, 0.3) is 5.95 Å². The number of carbonyl (C=O) groups excluding carboxylic acids is 1. The number of aromatic nitrogens is 2. The van der Waals surface area contributed by atoms with Crippen LogP contribution in [0.4, 0.5) is 5.95 Å². The number of carbonyl (C=O) groups is 1. The van der Waals surface area contributed by atoms with Crippen LogP contribution in [0, 0.1) is 18.3 Å². The van der Waals surface area contributed by atoms with Crippen LogP contribution in [0.3, 0.4) is 0 Å². The molecule has 3 N–H and O–H groups in total. The molecule has 3 heterocycles. The van der Waals surface area contributed by atoms with Crippen LogP contribution >= 0.6 is 0 Å². The van der Waals surface area contributed by atoms with Crippen LogP contribution in [0.15, 0.2) is 35.1 Å². The van der Waals surface area contributed by atoms with E-state index in [2.05, 4.69) is 25.2 Å². The number of hydrogen-bond acceptors (Lipinski definition) is 10. The number of esters is 1. The third-order valence-corrected chi connectivity index (χ3v) is 5.86. The molecule has 170 valence electrons. The summed E-state index contributed by atoms with van der Waals surface area (Å²) in [5, 5.41) is 12.6. The quantitative estimate of drug-likeness (QED) is 0.498. The van der Waals surface area contributed by atoms with Crippen LogP contribution in [0.25, 0.3) is 0 Å². The molecule has 1 atom stereocenters. The number of nitrogens with one attached hydrogen (secondary N) is 1. The van der Waals surface area contributed by atoms with E-state index in [0.29, 0.717) is 18.7 Å². The van der Waals surface area contributed by atoms with Gasteiger partial charge in [0.05, 0.1) is 18.9 Å². The van der Waals surface area contributed by atoms with Crippen molar-refractivity contribution in [1.29, 1.82) is 5.26 Å². The monoisotopic (exact) mass is 447 g/mol. The van der Waals surface area contributed by atoms with Crippen LogP contribution in [-0.2, 0) is 11.3 Å². The van der Waals surface area contributed by atoms with Gasteiger partial charge in [0.2, 0.25) is 5.88 Å². The van der Waals surface area contributed by atoms with Gasteiger partial charge in [0, 0.05) is 44.0 Å². The first kappa shape index (κ1) is 22.4. The first-order valence-corrected chi connectivity index (χ1v) is 10.5. The molecule has 1 aromatic carbocycles. The fourth-order valence-electron chi connectivity index (χ4n) is 4.10. The van der Waals surface area contributed by atoms with Crippen molar-refractivity contribution in [1.82, 2.24) is 20.2 Å². The van der Waals surface area contributed by atoms with Crippen molar-refractivity contribution in [2.75, 3.05) is 33.3 Å². The number of rotatable bonds is 6. The second kappa shape index (κ2) is 9.77. The summed E-state index contributed by atoms with van der Waals surface area (Å²) in [7, 11) is 1.44. The molecule has 10 heteroatoms. The molecule has 2 aliphatic heterocycles. The number of methoxy groups -OCH3 is 1. The minimum Gasteiger partial charge on any atom is -0.480 e. The molecule has 1 saturated heterocycles. The molecule has 0 saturated carbocycles. The summed E-state index contributed by atoms with van der Waals surface area (Å²) in [5.41, 5.74) is 10.8. The Morgan fingerprint density at radius 1 is 1.52 bits per heavy atom. The number of ether oxygens (including phenoxy) is 2. The molecule has 1 fully saturated rings. The average Bonchev–Trinajstić information content (AvgIpc) is 3.23. The number of aliphatic imine (C=N–C) groups is 1. The number of cyclic esters (lactones) is 1. The Bertz CT molecular complexity index is 1170. The van der Waals surface area contributed by atoms with Gasteiger partial charge in [-0.25, -0.2) is 14.8 Å². The highest BCUT2D eigenvalue weighted by atomic mass is 16.5. The standard InChI is InChI=1S/C23H25N7O3/c1-14-17(3-4-18-19(14)13-33-22(18)31)20-12-30(6-5-26-20)11-15(7-24)9-27-23-28-10-16(8-25)21(29-23)32-2/h3-4,7,9-10,20,26H,5-6,11-13,24H2,1-2H3/t20-/m0/s1. The third-order valence-electron chi connectivity index (χ3n) is 5.86. The lowest BCUT2D eigenvalue weighted by molar-refractivity contribution is 0.0535. The van der Waals surface area contributed by atoms with Crippen LogP contribution in [0.2, 0.25) is 0 Å². The molecule has 0 spiro atoms. The Morgan fingerprint density at radius 3 is 3.12 bits per heavy atom. The number of piperazine rings is 1. The maximum Gasteiger partial charge on any atom is 0.338 e. The van der Waals surface area contributed by atoms with Gasteiger partial charge < -0.3 is 20.5 Å². The van der Waals surface area contributed by atoms with Crippen molar-refractivity contribution >= 4 is 18.1 Å². The molecule has 10 nitrogen and oxygen atoms in total. The Balaban J connectivity index is 1.44. The van der Waals surface area contributed by atoms with Crippen molar-refractivity contribution < 1.29 is 14.3 Å². The number of benzene rings is 1. The average molecular weight is 447 g/mol. The van der Waals surface area contributed by atoms with Gasteiger partial charge in [-0.1, -0.05) is 6.07 Å². The van der Waals surface area contributed by atoms with Gasteiger partial charge in [-0.05, 0) is 35.9 Å². The lowest BCUT2D eigenvalue weighted by atomic mass is 9.93. The lowest BCUT2D eigenvalue weighted by Crippen LogP contribution is -2.46. The Kier molecular flexibility index (Phi) is 6.63. The second-order valence-electron chi connectivity index (χ2n) is 7.83. The highest BCUT2D eigenvalue weighted by Crippen LogP contribution is 2.30. The number of nitriles is 1. The number of nitrogens with two attached hydrogens (primary N) is 1. The molecule has 4 rings (SSSR count). The summed E-state index contributed by atoms with van der Waals surface area (Å²) < 4.78 is 10.3. The third kappa shape index (κ3) is 4.69. The van der Waals surface area contributed by atoms with E-state index in [1.807, 2.05) is 25.1 Å². The molecule has 33 heavy (non-hydrogen) atoms. The SMILES string of the molecule is COc1nc(N=CC(=CN)CN2CCN[C@H](c3ccc4c(c3C)COC4=O)C2)ncc1C#N. The highest BCUT2D eigenvalue weighted by molar-refractivity contribution is 5.94. The summed E-state index contributed by atoms with van der Waals surface area (Å²) in [6.07, 6.45) is 4.52. The van der Waals surface area contributed by atoms with Crippen LogP contribution < -0.4 is 15.8 Å². The number of fused-ring (bicyclic) bond motifs is 1. The van der Waals surface area contributed by atoms with E-state index in [0.717, 1.165) is 36.3 Å². The van der Waals surface area contributed by atoms with Crippen LogP contribution in [0.1, 0.15) is 38.7 Å². The topological polar surface area (TPSA) is 139 Å². The largest absolute Gasteiger partial charge is 0.480 e. The summed E-state index contributed by atoms with van der Waals surface area (Å²) in [6, 6.07) is 5.97. The van der Waals surface area contributed by atoms with Gasteiger partial charge >= 0.3 is 5.97 Å². The van der Waals surface area contributed by atoms with Gasteiger partial charge in [-0.2, -0.15) is 10.2 Å². The highest BCUT2D eigenvalue weighted by Gasteiger charge is 2.28. The minimum absolute atomic E-state index is 0.127. The number of hydrogen-bond donors (Lipinski definition) is 2. The molecule has 2 aromatic rings. The Labute approximate surface area is 191 Å². The van der Waals surface area contributed by atoms with E-state index in [4.69, 9.17) is 20.5 Å². The Morgan fingerprint density at radius 2 is 2.36 bits per heavy atom. The Hall–Kier alpha value is -3.81. The van der Waals surface area contributed by atoms with Gasteiger partial charge in [-0.3, -0.25) is 4.90 Å². The first-order valence-electron chi connectivity index (χ1n) is 10.5. The molecule has 0 radical (unpaired) electrons. The summed E-state index contributed by atoms with van der Waals surface area (Å²) >= 11 is 0. The van der Waals surface area contributed by atoms with Crippen molar-refractivity contribution in [3.8, 4) is 11.9 Å². The van der Waals surface area contributed by atoms with Crippen LogP contribution in [0.5, 0.6) is 5.88 Å². The fraction of sp³-hybridized carbons (Fsp3) is 0.348. The van der Waals surface area contributed by atoms with E-state index < -0.39 is 0 Å². The van der Waals surface area contributed by atoms with Crippen molar-refractivity contribution in [3.05, 3.63) is 57.9 Å². The predicted octanol–water partition coefficient (Wildman–Crippen LogP) is 1.53. The zero-order valence-electron chi connectivity index (χ0n) is 18.5. The molecule has 2 aliphatic rings. The molecular formula is C23H25N7O3. The first-order chi connectivity index (χ1) is 16.0. The smallest absolute Gasteiger partial charge is 0.338 e. The maximum atomic E-state index is 11.8. The second-order valence-corrected chi connectivity index (χ2v) is 7.83. The lowest BCUT2D eigenvalue weighted by Gasteiger charge is -2.35. The predicted molar refractivity (Wildman–Crippen MR) is 121 cm³/mol. The van der Waals surface area contributed by atoms with E-state index in [9.17, 15) is 4.79 Å². The summed E-state index contributed by atoms with van der Waals surface area (Å²) in [6.45, 7) is 5.44. The molecule has 1 aromatic heterocycles.